The van der Waals surface area contributed by atoms with Crippen LogP contribution >= 0.6 is 0 Å². The van der Waals surface area contributed by atoms with Crippen molar-refractivity contribution in [2.24, 2.45) is 0 Å². The topological polar surface area (TPSA) is 47.0 Å². The van der Waals surface area contributed by atoms with E-state index < -0.39 is 0 Å². The molecule has 0 fully saturated rings. The number of nitrogens with zero attached hydrogens (tertiary/aromatic N) is 2. The van der Waals surface area contributed by atoms with Crippen molar-refractivity contribution in [1.82, 2.24) is 9.97 Å². The van der Waals surface area contributed by atoms with Gasteiger partial charge in [0.25, 0.3) is 0 Å². The van der Waals surface area contributed by atoms with Crippen LogP contribution in [0.15, 0.2) is 30.3 Å². The van der Waals surface area contributed by atoms with Gasteiger partial charge >= 0.3 is 0 Å². The molecule has 2 rings (SSSR count). The van der Waals surface area contributed by atoms with Crippen LogP contribution in [0.1, 0.15) is 36.7 Å². The average molecular weight is 285 g/mol. The van der Waals surface area contributed by atoms with Crippen LogP contribution in [-0.4, -0.2) is 16.6 Å². The highest BCUT2D eigenvalue weighted by Gasteiger charge is 2.03. The molecular formula is C17H23N3O. The quantitative estimate of drug-likeness (QED) is 0.784. The molecule has 1 aromatic heterocycles. The number of anilines is 1. The van der Waals surface area contributed by atoms with E-state index in [2.05, 4.69) is 53.4 Å². The number of aromatic nitrogens is 2. The summed E-state index contributed by atoms with van der Waals surface area (Å²) in [5, 5.41) is 3.32. The molecule has 2 aromatic rings. The number of ether oxygens (including phenoxy) is 1. The highest BCUT2D eigenvalue weighted by atomic mass is 16.5. The number of unbranched alkanes of at least 4 members (excludes halogenated alkanes) is 1. The molecule has 1 aromatic carbocycles. The van der Waals surface area contributed by atoms with Gasteiger partial charge in [0.2, 0.25) is 5.88 Å². The third-order valence-electron chi connectivity index (χ3n) is 3.16. The second-order valence-corrected chi connectivity index (χ2v) is 5.18. The van der Waals surface area contributed by atoms with Crippen molar-refractivity contribution in [3.05, 3.63) is 47.3 Å². The van der Waals surface area contributed by atoms with Crippen LogP contribution in [0.2, 0.25) is 0 Å². The van der Waals surface area contributed by atoms with Crippen molar-refractivity contribution < 1.29 is 4.74 Å². The van der Waals surface area contributed by atoms with Crippen LogP contribution in [0, 0.1) is 13.8 Å². The molecule has 4 heteroatoms. The van der Waals surface area contributed by atoms with Crippen molar-refractivity contribution in [2.45, 2.75) is 40.2 Å². The molecule has 0 aliphatic rings. The summed E-state index contributed by atoms with van der Waals surface area (Å²) in [5.74, 6) is 2.16. The van der Waals surface area contributed by atoms with Gasteiger partial charge in [-0.3, -0.25) is 0 Å². The summed E-state index contributed by atoms with van der Waals surface area (Å²) in [6.07, 6.45) is 2.15. The van der Waals surface area contributed by atoms with Crippen molar-refractivity contribution in [3.8, 4) is 5.88 Å². The van der Waals surface area contributed by atoms with Crippen LogP contribution in [-0.2, 0) is 6.54 Å². The molecule has 0 unspecified atom stereocenters. The third kappa shape index (κ3) is 5.06. The molecule has 0 aliphatic carbocycles. The second kappa shape index (κ2) is 7.62. The molecule has 21 heavy (non-hydrogen) atoms. The van der Waals surface area contributed by atoms with Gasteiger partial charge in [0, 0.05) is 12.6 Å². The Kier molecular flexibility index (Phi) is 5.55. The minimum absolute atomic E-state index is 0.641. The highest BCUT2D eigenvalue weighted by molar-refractivity contribution is 5.39. The van der Waals surface area contributed by atoms with E-state index in [1.54, 1.807) is 0 Å². The van der Waals surface area contributed by atoms with Crippen LogP contribution in [0.4, 0.5) is 5.82 Å². The lowest BCUT2D eigenvalue weighted by Gasteiger charge is -2.10. The van der Waals surface area contributed by atoms with E-state index in [4.69, 9.17) is 4.74 Å². The summed E-state index contributed by atoms with van der Waals surface area (Å²) in [6.45, 7) is 7.55. The summed E-state index contributed by atoms with van der Waals surface area (Å²) < 4.78 is 5.64. The minimum atomic E-state index is 0.641. The number of benzene rings is 1. The van der Waals surface area contributed by atoms with E-state index in [0.29, 0.717) is 12.5 Å². The predicted molar refractivity (Wildman–Crippen MR) is 85.7 cm³/mol. The Hall–Kier alpha value is -2.10. The Morgan fingerprint density at radius 3 is 2.57 bits per heavy atom. The van der Waals surface area contributed by atoms with Gasteiger partial charge in [0.15, 0.2) is 0 Å². The summed E-state index contributed by atoms with van der Waals surface area (Å²) in [4.78, 5) is 8.69. The molecule has 112 valence electrons. The number of nitrogens with one attached hydrogen (secondary N) is 1. The first-order valence-electron chi connectivity index (χ1n) is 7.45. The van der Waals surface area contributed by atoms with Crippen molar-refractivity contribution in [2.75, 3.05) is 11.9 Å². The zero-order valence-electron chi connectivity index (χ0n) is 13.0. The normalized spacial score (nSPS) is 10.4. The number of hydrogen-bond donors (Lipinski definition) is 1. The van der Waals surface area contributed by atoms with Gasteiger partial charge in [-0.1, -0.05) is 43.2 Å². The average Bonchev–Trinajstić information content (AvgIpc) is 2.46. The van der Waals surface area contributed by atoms with Crippen LogP contribution in [0.3, 0.4) is 0 Å². The first-order chi connectivity index (χ1) is 10.2. The molecule has 1 N–H and O–H groups in total. The monoisotopic (exact) mass is 285 g/mol. The van der Waals surface area contributed by atoms with Crippen molar-refractivity contribution in [3.63, 3.8) is 0 Å². The number of hydrogen-bond acceptors (Lipinski definition) is 4. The summed E-state index contributed by atoms with van der Waals surface area (Å²) in [6, 6.07) is 10.3. The fraction of sp³-hybridized carbons (Fsp3) is 0.412. The van der Waals surface area contributed by atoms with Gasteiger partial charge in [-0.2, -0.15) is 4.98 Å². The first kappa shape index (κ1) is 15.3. The maximum Gasteiger partial charge on any atom is 0.218 e. The minimum Gasteiger partial charge on any atom is -0.478 e. The summed E-state index contributed by atoms with van der Waals surface area (Å²) in [5.41, 5.74) is 2.49. The highest BCUT2D eigenvalue weighted by Crippen LogP contribution is 2.15. The molecule has 0 saturated heterocycles. The van der Waals surface area contributed by atoms with Crippen molar-refractivity contribution >= 4 is 5.82 Å². The number of aryl methyl sites for hydroxylation is 2. The molecule has 0 radical (unpaired) electrons. The Bertz CT molecular complexity index is 567. The Morgan fingerprint density at radius 2 is 1.86 bits per heavy atom. The summed E-state index contributed by atoms with van der Waals surface area (Å²) in [7, 11) is 0. The molecule has 0 saturated carbocycles. The fourth-order valence-electron chi connectivity index (χ4n) is 1.92. The molecule has 4 nitrogen and oxygen atoms in total. The lowest BCUT2D eigenvalue weighted by molar-refractivity contribution is 0.296. The predicted octanol–water partition coefficient (Wildman–Crippen LogP) is 3.88. The Balaban J connectivity index is 1.97. The van der Waals surface area contributed by atoms with Gasteiger partial charge in [-0.05, 0) is 25.8 Å². The van der Waals surface area contributed by atoms with E-state index in [9.17, 15) is 0 Å². The van der Waals surface area contributed by atoms with Gasteiger partial charge in [-0.15, -0.1) is 0 Å². The molecule has 0 aliphatic heterocycles. The Morgan fingerprint density at radius 1 is 1.10 bits per heavy atom. The van der Waals surface area contributed by atoms with E-state index in [1.807, 2.05) is 13.0 Å². The van der Waals surface area contributed by atoms with E-state index in [1.165, 1.54) is 11.1 Å². The van der Waals surface area contributed by atoms with Crippen LogP contribution < -0.4 is 10.1 Å². The molecule has 0 atom stereocenters. The standard InChI is InChI=1S/C17H23N3O/c1-4-5-10-21-17-11-16(19-14(3)20-17)18-12-15-8-6-13(2)7-9-15/h6-9,11H,4-5,10,12H2,1-3H3,(H,18,19,20). The molecule has 1 heterocycles. The summed E-state index contributed by atoms with van der Waals surface area (Å²) >= 11 is 0. The fourth-order valence-corrected chi connectivity index (χ4v) is 1.92. The Labute approximate surface area is 126 Å². The van der Waals surface area contributed by atoms with Gasteiger partial charge in [0.1, 0.15) is 11.6 Å². The van der Waals surface area contributed by atoms with Crippen LogP contribution in [0.25, 0.3) is 0 Å². The zero-order chi connectivity index (χ0) is 15.1. The largest absolute Gasteiger partial charge is 0.478 e. The maximum atomic E-state index is 5.64. The van der Waals surface area contributed by atoms with Gasteiger partial charge in [0.05, 0.1) is 6.61 Å². The van der Waals surface area contributed by atoms with Gasteiger partial charge < -0.3 is 10.1 Å². The van der Waals surface area contributed by atoms with E-state index in [-0.39, 0.29) is 0 Å². The molecule has 0 bridgehead atoms. The third-order valence-corrected chi connectivity index (χ3v) is 3.16. The molecule has 0 amide bonds. The first-order valence-corrected chi connectivity index (χ1v) is 7.45. The maximum absolute atomic E-state index is 5.64. The molecule has 0 spiro atoms. The lowest BCUT2D eigenvalue weighted by atomic mass is 10.1. The molecular weight excluding hydrogens is 262 g/mol. The van der Waals surface area contributed by atoms with E-state index in [0.717, 1.165) is 31.0 Å². The zero-order valence-corrected chi connectivity index (χ0v) is 13.0. The van der Waals surface area contributed by atoms with Gasteiger partial charge in [-0.25, -0.2) is 4.98 Å². The number of rotatable bonds is 7. The SMILES string of the molecule is CCCCOc1cc(NCc2ccc(C)cc2)nc(C)n1. The van der Waals surface area contributed by atoms with Crippen molar-refractivity contribution in [1.29, 1.82) is 0 Å². The lowest BCUT2D eigenvalue weighted by Crippen LogP contribution is -2.05. The van der Waals surface area contributed by atoms with Crippen LogP contribution in [0.5, 0.6) is 5.88 Å². The second-order valence-electron chi connectivity index (χ2n) is 5.18. The smallest absolute Gasteiger partial charge is 0.218 e. The van der Waals surface area contributed by atoms with E-state index >= 15 is 0 Å².